The molecule has 2 rings (SSSR count). The van der Waals surface area contributed by atoms with E-state index in [4.69, 9.17) is 0 Å². The second-order valence-corrected chi connectivity index (χ2v) is 5.03. The molecule has 0 spiro atoms. The zero-order chi connectivity index (χ0) is 15.2. The van der Waals surface area contributed by atoms with Crippen molar-refractivity contribution < 1.29 is 4.79 Å². The summed E-state index contributed by atoms with van der Waals surface area (Å²) in [5.74, 6) is -0.0250. The Kier molecular flexibility index (Phi) is 4.92. The van der Waals surface area contributed by atoms with Crippen LogP contribution in [-0.2, 0) is 17.8 Å². The van der Waals surface area contributed by atoms with Crippen molar-refractivity contribution in [1.29, 1.82) is 0 Å². The zero-order valence-electron chi connectivity index (χ0n) is 12.3. The van der Waals surface area contributed by atoms with Gasteiger partial charge in [-0.2, -0.15) is 5.10 Å². The number of aryl methyl sites for hydroxylation is 3. The van der Waals surface area contributed by atoms with E-state index in [1.54, 1.807) is 16.8 Å². The molecule has 0 atom stereocenters. The molecule has 0 fully saturated rings. The molecule has 21 heavy (non-hydrogen) atoms. The molecule has 1 amide bonds. The molecule has 2 heterocycles. The molecule has 0 saturated carbocycles. The molecule has 6 nitrogen and oxygen atoms in total. The van der Waals surface area contributed by atoms with Gasteiger partial charge in [0.05, 0.1) is 12.1 Å². The molecule has 2 N–H and O–H groups in total. The van der Waals surface area contributed by atoms with Crippen molar-refractivity contribution in [2.24, 2.45) is 0 Å². The molecule has 6 heteroatoms. The number of carbonyl (C=O) groups excluding carboxylic acids is 1. The van der Waals surface area contributed by atoms with Crippen LogP contribution in [0.25, 0.3) is 0 Å². The van der Waals surface area contributed by atoms with Crippen LogP contribution in [0.3, 0.4) is 0 Å². The maximum Gasteiger partial charge on any atom is 0.250 e. The van der Waals surface area contributed by atoms with Gasteiger partial charge in [0.25, 0.3) is 0 Å². The van der Waals surface area contributed by atoms with Crippen molar-refractivity contribution in [2.75, 3.05) is 6.54 Å². The van der Waals surface area contributed by atoms with Crippen molar-refractivity contribution in [3.8, 4) is 0 Å². The Morgan fingerprint density at radius 1 is 1.38 bits per heavy atom. The van der Waals surface area contributed by atoms with Crippen LogP contribution in [0, 0.1) is 13.8 Å². The second-order valence-electron chi connectivity index (χ2n) is 5.03. The number of amides is 1. The Morgan fingerprint density at radius 3 is 2.86 bits per heavy atom. The number of aromatic nitrogens is 3. The first-order valence-corrected chi connectivity index (χ1v) is 7.00. The van der Waals surface area contributed by atoms with Gasteiger partial charge in [-0.05, 0) is 26.3 Å². The highest BCUT2D eigenvalue weighted by Crippen LogP contribution is 2.09. The van der Waals surface area contributed by atoms with Crippen molar-refractivity contribution in [2.45, 2.75) is 33.2 Å². The molecule has 0 aliphatic heterocycles. The zero-order valence-corrected chi connectivity index (χ0v) is 12.3. The van der Waals surface area contributed by atoms with E-state index < -0.39 is 0 Å². The van der Waals surface area contributed by atoms with Crippen molar-refractivity contribution >= 4 is 5.91 Å². The van der Waals surface area contributed by atoms with Gasteiger partial charge in [-0.15, -0.1) is 0 Å². The Hall–Kier alpha value is -2.37. The average molecular weight is 288 g/mol. The summed E-state index contributed by atoms with van der Waals surface area (Å²) in [4.78, 5) is 23.4. The third-order valence-corrected chi connectivity index (χ3v) is 3.42. The SMILES string of the molecule is Cc1n[nH]c(C)c1CC(=O)NCCCn1ccccc1=O. The van der Waals surface area contributed by atoms with E-state index in [0.717, 1.165) is 23.4 Å². The van der Waals surface area contributed by atoms with Crippen LogP contribution < -0.4 is 10.9 Å². The molecular formula is C15H20N4O2. The Bertz CT molecular complexity index is 653. The average Bonchev–Trinajstić information content (AvgIpc) is 2.77. The largest absolute Gasteiger partial charge is 0.356 e. The Balaban J connectivity index is 1.75. The van der Waals surface area contributed by atoms with Gasteiger partial charge in [-0.3, -0.25) is 14.7 Å². The summed E-state index contributed by atoms with van der Waals surface area (Å²) in [5, 5.41) is 9.81. The molecule has 0 aliphatic rings. The maximum atomic E-state index is 11.9. The number of carbonyl (C=O) groups is 1. The first-order chi connectivity index (χ1) is 10.1. The predicted molar refractivity (Wildman–Crippen MR) is 80.1 cm³/mol. The molecule has 2 aromatic rings. The number of aromatic amines is 1. The third kappa shape index (κ3) is 4.05. The van der Waals surface area contributed by atoms with Gasteiger partial charge in [0.1, 0.15) is 0 Å². The number of pyridine rings is 1. The lowest BCUT2D eigenvalue weighted by molar-refractivity contribution is -0.120. The summed E-state index contributed by atoms with van der Waals surface area (Å²) in [6.45, 7) is 4.94. The molecule has 0 bridgehead atoms. The monoisotopic (exact) mass is 288 g/mol. The lowest BCUT2D eigenvalue weighted by atomic mass is 10.1. The number of hydrogen-bond donors (Lipinski definition) is 2. The van der Waals surface area contributed by atoms with Crippen molar-refractivity contribution in [1.82, 2.24) is 20.1 Å². The Labute approximate surface area is 123 Å². The van der Waals surface area contributed by atoms with Crippen molar-refractivity contribution in [3.63, 3.8) is 0 Å². The lowest BCUT2D eigenvalue weighted by Gasteiger charge is -2.07. The van der Waals surface area contributed by atoms with E-state index >= 15 is 0 Å². The fourth-order valence-corrected chi connectivity index (χ4v) is 2.18. The molecule has 0 saturated heterocycles. The van der Waals surface area contributed by atoms with Crippen LogP contribution in [-0.4, -0.2) is 27.2 Å². The normalized spacial score (nSPS) is 10.6. The van der Waals surface area contributed by atoms with E-state index in [-0.39, 0.29) is 11.5 Å². The first-order valence-electron chi connectivity index (χ1n) is 7.00. The van der Waals surface area contributed by atoms with E-state index in [9.17, 15) is 9.59 Å². The minimum atomic E-state index is -0.0250. The summed E-state index contributed by atoms with van der Waals surface area (Å²) < 4.78 is 1.64. The molecule has 2 aromatic heterocycles. The number of nitrogens with zero attached hydrogens (tertiary/aromatic N) is 2. The van der Waals surface area contributed by atoms with Crippen LogP contribution in [0.1, 0.15) is 23.4 Å². The molecular weight excluding hydrogens is 268 g/mol. The van der Waals surface area contributed by atoms with Gasteiger partial charge in [0.15, 0.2) is 0 Å². The van der Waals surface area contributed by atoms with E-state index in [1.807, 2.05) is 19.9 Å². The fraction of sp³-hybridized carbons (Fsp3) is 0.400. The highest BCUT2D eigenvalue weighted by atomic mass is 16.1. The van der Waals surface area contributed by atoms with Gasteiger partial charge in [0.2, 0.25) is 11.5 Å². The number of rotatable bonds is 6. The molecule has 0 radical (unpaired) electrons. The maximum absolute atomic E-state index is 11.9. The smallest absolute Gasteiger partial charge is 0.250 e. The fourth-order valence-electron chi connectivity index (χ4n) is 2.18. The highest BCUT2D eigenvalue weighted by Gasteiger charge is 2.10. The highest BCUT2D eigenvalue weighted by molar-refractivity contribution is 5.79. The summed E-state index contributed by atoms with van der Waals surface area (Å²) in [6.07, 6.45) is 2.81. The summed E-state index contributed by atoms with van der Waals surface area (Å²) in [7, 11) is 0. The van der Waals surface area contributed by atoms with Crippen LogP contribution in [0.2, 0.25) is 0 Å². The Morgan fingerprint density at radius 2 is 2.19 bits per heavy atom. The van der Waals surface area contributed by atoms with E-state index in [2.05, 4.69) is 15.5 Å². The summed E-state index contributed by atoms with van der Waals surface area (Å²) >= 11 is 0. The number of hydrogen-bond acceptors (Lipinski definition) is 3. The van der Waals surface area contributed by atoms with Gasteiger partial charge in [0, 0.05) is 36.6 Å². The van der Waals surface area contributed by atoms with Crippen LogP contribution in [0.15, 0.2) is 29.2 Å². The lowest BCUT2D eigenvalue weighted by Crippen LogP contribution is -2.28. The van der Waals surface area contributed by atoms with Gasteiger partial charge in [-0.25, -0.2) is 0 Å². The second kappa shape index (κ2) is 6.88. The molecule has 0 unspecified atom stereocenters. The van der Waals surface area contributed by atoms with Gasteiger partial charge < -0.3 is 9.88 Å². The van der Waals surface area contributed by atoms with E-state index in [1.165, 1.54) is 6.07 Å². The van der Waals surface area contributed by atoms with Crippen LogP contribution >= 0.6 is 0 Å². The van der Waals surface area contributed by atoms with Gasteiger partial charge >= 0.3 is 0 Å². The number of H-pyrrole nitrogens is 1. The molecule has 112 valence electrons. The molecule has 0 aliphatic carbocycles. The quantitative estimate of drug-likeness (QED) is 0.776. The predicted octanol–water partition coefficient (Wildman–Crippen LogP) is 0.937. The van der Waals surface area contributed by atoms with Crippen molar-refractivity contribution in [3.05, 3.63) is 51.7 Å². The summed E-state index contributed by atoms with van der Waals surface area (Å²) in [5.41, 5.74) is 2.72. The van der Waals surface area contributed by atoms with Crippen LogP contribution in [0.4, 0.5) is 0 Å². The minimum absolute atomic E-state index is 0.0199. The third-order valence-electron chi connectivity index (χ3n) is 3.42. The van der Waals surface area contributed by atoms with Gasteiger partial charge in [-0.1, -0.05) is 6.07 Å². The molecule has 0 aromatic carbocycles. The minimum Gasteiger partial charge on any atom is -0.356 e. The van der Waals surface area contributed by atoms with Crippen LogP contribution in [0.5, 0.6) is 0 Å². The van der Waals surface area contributed by atoms with E-state index in [0.29, 0.717) is 19.5 Å². The standard InChI is InChI=1S/C15H20N4O2/c1-11-13(12(2)18-17-11)10-14(20)16-7-5-9-19-8-4-3-6-15(19)21/h3-4,6,8H,5,7,9-10H2,1-2H3,(H,16,20)(H,17,18). The summed E-state index contributed by atoms with van der Waals surface area (Å²) in [6, 6.07) is 5.07. The topological polar surface area (TPSA) is 79.8 Å². The first kappa shape index (κ1) is 15.0. The number of nitrogens with one attached hydrogen (secondary N) is 2.